The van der Waals surface area contributed by atoms with Gasteiger partial charge in [-0.05, 0) is 49.9 Å². The van der Waals surface area contributed by atoms with E-state index >= 15 is 0 Å². The van der Waals surface area contributed by atoms with Gasteiger partial charge >= 0.3 is 0 Å². The van der Waals surface area contributed by atoms with Crippen molar-refractivity contribution in [1.82, 2.24) is 14.5 Å². The van der Waals surface area contributed by atoms with E-state index in [1.165, 1.54) is 22.9 Å². The number of carbonyl (C=O) groups is 1. The first-order chi connectivity index (χ1) is 11.5. The number of nitrogens with zero attached hydrogens (tertiary/aromatic N) is 3. The standard InChI is InChI=1S/C18H23N3O2S/c1-13-3-4-15(11-14(13)2)21-10-7-19-18(21)24-12-17(23)20-8-5-16(22)6-9-20/h3-4,7,10-11,16,22H,5-6,8-9,12H2,1-2H3. The van der Waals surface area contributed by atoms with Crippen LogP contribution in [0.1, 0.15) is 24.0 Å². The first kappa shape index (κ1) is 17.0. The Kier molecular flexibility index (Phi) is 5.26. The minimum Gasteiger partial charge on any atom is -0.393 e. The third-order valence-electron chi connectivity index (χ3n) is 4.52. The van der Waals surface area contributed by atoms with Gasteiger partial charge in [-0.3, -0.25) is 9.36 Å². The number of benzene rings is 1. The summed E-state index contributed by atoms with van der Waals surface area (Å²) in [5.41, 5.74) is 3.56. The fourth-order valence-electron chi connectivity index (χ4n) is 2.80. The number of imidazole rings is 1. The second-order valence-electron chi connectivity index (χ2n) is 6.25. The third kappa shape index (κ3) is 3.82. The lowest BCUT2D eigenvalue weighted by Gasteiger charge is -2.29. The predicted octanol–water partition coefficient (Wildman–Crippen LogP) is 2.56. The average molecular weight is 345 g/mol. The fourth-order valence-corrected chi connectivity index (χ4v) is 3.68. The van der Waals surface area contributed by atoms with Gasteiger partial charge in [0.1, 0.15) is 0 Å². The van der Waals surface area contributed by atoms with Gasteiger partial charge in [-0.25, -0.2) is 4.98 Å². The minimum absolute atomic E-state index is 0.113. The molecule has 1 aliphatic heterocycles. The van der Waals surface area contributed by atoms with Crippen LogP contribution in [0.15, 0.2) is 35.7 Å². The van der Waals surface area contributed by atoms with Crippen molar-refractivity contribution in [1.29, 1.82) is 0 Å². The highest BCUT2D eigenvalue weighted by Gasteiger charge is 2.21. The van der Waals surface area contributed by atoms with Crippen molar-refractivity contribution in [2.45, 2.75) is 37.9 Å². The largest absolute Gasteiger partial charge is 0.393 e. The SMILES string of the molecule is Cc1ccc(-n2ccnc2SCC(=O)N2CCC(O)CC2)cc1C. The summed E-state index contributed by atoms with van der Waals surface area (Å²) in [5, 5.41) is 10.4. The topological polar surface area (TPSA) is 58.4 Å². The molecule has 128 valence electrons. The number of hydrogen-bond donors (Lipinski definition) is 1. The van der Waals surface area contributed by atoms with E-state index in [4.69, 9.17) is 0 Å². The maximum atomic E-state index is 12.3. The number of thioether (sulfide) groups is 1. The molecular weight excluding hydrogens is 322 g/mol. The summed E-state index contributed by atoms with van der Waals surface area (Å²) in [6, 6.07) is 6.31. The van der Waals surface area contributed by atoms with Gasteiger partial charge in [0.2, 0.25) is 5.91 Å². The summed E-state index contributed by atoms with van der Waals surface area (Å²) >= 11 is 1.46. The number of carbonyl (C=O) groups excluding carboxylic acids is 1. The summed E-state index contributed by atoms with van der Waals surface area (Å²) in [7, 11) is 0. The number of hydrogen-bond acceptors (Lipinski definition) is 4. The average Bonchev–Trinajstić information content (AvgIpc) is 3.04. The fraction of sp³-hybridized carbons (Fsp3) is 0.444. The Labute approximate surface area is 146 Å². The zero-order valence-electron chi connectivity index (χ0n) is 14.1. The van der Waals surface area contributed by atoms with Crippen molar-refractivity contribution in [3.63, 3.8) is 0 Å². The molecule has 0 bridgehead atoms. The molecule has 1 aromatic carbocycles. The molecule has 2 aromatic rings. The molecule has 0 saturated carbocycles. The van der Waals surface area contributed by atoms with E-state index in [2.05, 4.69) is 37.0 Å². The number of piperidine rings is 1. The molecule has 1 aliphatic rings. The zero-order valence-corrected chi connectivity index (χ0v) is 14.9. The van der Waals surface area contributed by atoms with Gasteiger partial charge < -0.3 is 10.0 Å². The van der Waals surface area contributed by atoms with Crippen LogP contribution in [0.2, 0.25) is 0 Å². The lowest BCUT2D eigenvalue weighted by molar-refractivity contribution is -0.130. The van der Waals surface area contributed by atoms with E-state index in [1.54, 1.807) is 6.20 Å². The maximum Gasteiger partial charge on any atom is 0.233 e. The summed E-state index contributed by atoms with van der Waals surface area (Å²) < 4.78 is 2.02. The third-order valence-corrected chi connectivity index (χ3v) is 5.47. The molecule has 1 fully saturated rings. The number of rotatable bonds is 4. The molecule has 1 amide bonds. The van der Waals surface area contributed by atoms with Crippen molar-refractivity contribution in [2.24, 2.45) is 0 Å². The molecule has 0 unspecified atom stereocenters. The quantitative estimate of drug-likeness (QED) is 0.865. The summed E-state index contributed by atoms with van der Waals surface area (Å²) in [5.74, 6) is 0.486. The first-order valence-corrected chi connectivity index (χ1v) is 9.23. The number of aliphatic hydroxyl groups excluding tert-OH is 1. The van der Waals surface area contributed by atoms with Crippen molar-refractivity contribution >= 4 is 17.7 Å². The molecule has 0 radical (unpaired) electrons. The monoisotopic (exact) mass is 345 g/mol. The van der Waals surface area contributed by atoms with Crippen molar-refractivity contribution in [3.8, 4) is 5.69 Å². The van der Waals surface area contributed by atoms with Crippen LogP contribution in [-0.2, 0) is 4.79 Å². The van der Waals surface area contributed by atoms with E-state index in [0.717, 1.165) is 10.8 Å². The Morgan fingerprint density at radius 2 is 2.04 bits per heavy atom. The molecule has 5 nitrogen and oxygen atoms in total. The Bertz CT molecular complexity index is 721. The van der Waals surface area contributed by atoms with Crippen molar-refractivity contribution in [3.05, 3.63) is 41.7 Å². The molecule has 1 saturated heterocycles. The number of likely N-dealkylation sites (tertiary alicyclic amines) is 1. The maximum absolute atomic E-state index is 12.3. The van der Waals surface area contributed by atoms with Crippen LogP contribution in [0.3, 0.4) is 0 Å². The normalized spacial score (nSPS) is 15.7. The molecule has 6 heteroatoms. The Morgan fingerprint density at radius 3 is 2.75 bits per heavy atom. The Hall–Kier alpha value is -1.79. The molecule has 1 N–H and O–H groups in total. The first-order valence-electron chi connectivity index (χ1n) is 8.24. The lowest BCUT2D eigenvalue weighted by atomic mass is 10.1. The Morgan fingerprint density at radius 1 is 1.29 bits per heavy atom. The molecule has 0 aliphatic carbocycles. The molecular formula is C18H23N3O2S. The van der Waals surface area contributed by atoms with E-state index in [-0.39, 0.29) is 12.0 Å². The zero-order chi connectivity index (χ0) is 17.1. The summed E-state index contributed by atoms with van der Waals surface area (Å²) in [6.45, 7) is 5.48. The number of aliphatic hydroxyl groups is 1. The van der Waals surface area contributed by atoms with Crippen LogP contribution in [-0.4, -0.2) is 50.4 Å². The van der Waals surface area contributed by atoms with Gasteiger partial charge in [-0.15, -0.1) is 0 Å². The van der Waals surface area contributed by atoms with E-state index < -0.39 is 0 Å². The summed E-state index contributed by atoms with van der Waals surface area (Å²) in [6.07, 6.45) is 4.78. The molecule has 3 rings (SSSR count). The van der Waals surface area contributed by atoms with Gasteiger partial charge in [0.15, 0.2) is 5.16 Å². The van der Waals surface area contributed by atoms with Crippen molar-refractivity contribution in [2.75, 3.05) is 18.8 Å². The van der Waals surface area contributed by atoms with E-state index in [9.17, 15) is 9.90 Å². The van der Waals surface area contributed by atoms with Crippen LogP contribution in [0.25, 0.3) is 5.69 Å². The number of aromatic nitrogens is 2. The van der Waals surface area contributed by atoms with Crippen LogP contribution in [0.4, 0.5) is 0 Å². The number of amides is 1. The van der Waals surface area contributed by atoms with Crippen molar-refractivity contribution < 1.29 is 9.90 Å². The highest BCUT2D eigenvalue weighted by atomic mass is 32.2. The predicted molar refractivity (Wildman–Crippen MR) is 95.6 cm³/mol. The highest BCUT2D eigenvalue weighted by molar-refractivity contribution is 7.99. The Balaban J connectivity index is 1.65. The van der Waals surface area contributed by atoms with Gasteiger partial charge in [0.05, 0.1) is 11.9 Å². The second-order valence-corrected chi connectivity index (χ2v) is 7.19. The highest BCUT2D eigenvalue weighted by Crippen LogP contribution is 2.23. The summed E-state index contributed by atoms with van der Waals surface area (Å²) in [4.78, 5) is 18.6. The number of aryl methyl sites for hydroxylation is 2. The van der Waals surface area contributed by atoms with Crippen LogP contribution in [0, 0.1) is 13.8 Å². The van der Waals surface area contributed by atoms with Crippen LogP contribution >= 0.6 is 11.8 Å². The molecule has 1 aromatic heterocycles. The van der Waals surface area contributed by atoms with Gasteiger partial charge in [0, 0.05) is 31.2 Å². The molecule has 2 heterocycles. The van der Waals surface area contributed by atoms with Crippen LogP contribution in [0.5, 0.6) is 0 Å². The molecule has 24 heavy (non-hydrogen) atoms. The van der Waals surface area contributed by atoms with Gasteiger partial charge in [0.25, 0.3) is 0 Å². The smallest absolute Gasteiger partial charge is 0.233 e. The van der Waals surface area contributed by atoms with Gasteiger partial charge in [-0.2, -0.15) is 0 Å². The van der Waals surface area contributed by atoms with E-state index in [0.29, 0.717) is 31.7 Å². The van der Waals surface area contributed by atoms with Gasteiger partial charge in [-0.1, -0.05) is 17.8 Å². The second kappa shape index (κ2) is 7.40. The minimum atomic E-state index is -0.259. The van der Waals surface area contributed by atoms with E-state index in [1.807, 2.05) is 15.7 Å². The van der Waals surface area contributed by atoms with Crippen LogP contribution < -0.4 is 0 Å². The lowest BCUT2D eigenvalue weighted by Crippen LogP contribution is -2.40. The molecule has 0 spiro atoms. The molecule has 0 atom stereocenters.